The van der Waals surface area contributed by atoms with Gasteiger partial charge in [-0.15, -0.1) is 0 Å². The Balaban J connectivity index is 2.19. The van der Waals surface area contributed by atoms with E-state index in [4.69, 9.17) is 15.2 Å². The molecule has 0 aliphatic carbocycles. The minimum Gasteiger partial charge on any atom is -0.444 e. The summed E-state index contributed by atoms with van der Waals surface area (Å²) >= 11 is 0. The summed E-state index contributed by atoms with van der Waals surface area (Å²) in [5, 5.41) is 0. The highest BCUT2D eigenvalue weighted by atomic mass is 19.2. The van der Waals surface area contributed by atoms with Crippen LogP contribution in [0.1, 0.15) is 45.3 Å². The van der Waals surface area contributed by atoms with E-state index in [0.29, 0.717) is 13.1 Å². The minimum absolute atomic E-state index is 0.162. The van der Waals surface area contributed by atoms with Crippen LogP contribution in [-0.4, -0.2) is 42.8 Å². The molecule has 1 saturated heterocycles. The van der Waals surface area contributed by atoms with E-state index in [-0.39, 0.29) is 24.6 Å². The number of carbonyl (C=O) groups excluding carboxylic acids is 1. The average Bonchev–Trinajstić information content (AvgIpc) is 2.57. The van der Waals surface area contributed by atoms with Crippen molar-refractivity contribution in [3.8, 4) is 0 Å². The zero-order valence-electron chi connectivity index (χ0n) is 15.6. The fourth-order valence-electron chi connectivity index (χ4n) is 3.16. The molecule has 2 atom stereocenters. The summed E-state index contributed by atoms with van der Waals surface area (Å²) in [5.41, 5.74) is 5.09. The van der Waals surface area contributed by atoms with Gasteiger partial charge in [0.15, 0.2) is 11.6 Å². The number of hydrogen-bond acceptors (Lipinski definition) is 4. The van der Waals surface area contributed by atoms with Crippen molar-refractivity contribution in [1.29, 1.82) is 0 Å². The molecular formula is C19H28F2N2O3. The molecule has 1 aromatic carbocycles. The molecule has 1 heterocycles. The average molecular weight is 370 g/mol. The Morgan fingerprint density at radius 3 is 2.77 bits per heavy atom. The second kappa shape index (κ2) is 8.77. The van der Waals surface area contributed by atoms with E-state index in [9.17, 15) is 13.6 Å². The maximum atomic E-state index is 14.3. The second-order valence-corrected chi connectivity index (χ2v) is 7.55. The van der Waals surface area contributed by atoms with Crippen LogP contribution in [0.2, 0.25) is 0 Å². The molecule has 5 nitrogen and oxygen atoms in total. The smallest absolute Gasteiger partial charge is 0.410 e. The fourth-order valence-corrected chi connectivity index (χ4v) is 3.16. The maximum Gasteiger partial charge on any atom is 0.410 e. The highest BCUT2D eigenvalue weighted by Gasteiger charge is 2.34. The Morgan fingerprint density at radius 2 is 2.12 bits per heavy atom. The van der Waals surface area contributed by atoms with Crippen molar-refractivity contribution >= 4 is 6.09 Å². The molecule has 2 N–H and O–H groups in total. The molecule has 146 valence electrons. The van der Waals surface area contributed by atoms with Gasteiger partial charge in [-0.25, -0.2) is 13.6 Å². The van der Waals surface area contributed by atoms with Crippen LogP contribution in [0.15, 0.2) is 18.2 Å². The molecule has 0 radical (unpaired) electrons. The highest BCUT2D eigenvalue weighted by Crippen LogP contribution is 2.35. The van der Waals surface area contributed by atoms with E-state index in [1.807, 2.05) is 20.8 Å². The first-order valence-corrected chi connectivity index (χ1v) is 8.96. The van der Waals surface area contributed by atoms with Gasteiger partial charge in [0.25, 0.3) is 0 Å². The van der Waals surface area contributed by atoms with Crippen LogP contribution in [0.25, 0.3) is 0 Å². The molecule has 1 aromatic rings. The molecule has 1 amide bonds. The van der Waals surface area contributed by atoms with Gasteiger partial charge in [0.2, 0.25) is 0 Å². The Kier molecular flexibility index (Phi) is 6.94. The van der Waals surface area contributed by atoms with Gasteiger partial charge in [-0.1, -0.05) is 12.1 Å². The van der Waals surface area contributed by atoms with Gasteiger partial charge in [-0.3, -0.25) is 0 Å². The molecule has 1 unspecified atom stereocenters. The number of piperidine rings is 1. The number of halogens is 2. The normalized spacial score (nSPS) is 19.3. The number of carbonyl (C=O) groups is 1. The molecule has 26 heavy (non-hydrogen) atoms. The predicted molar refractivity (Wildman–Crippen MR) is 94.6 cm³/mol. The van der Waals surface area contributed by atoms with Crippen LogP contribution in [0.3, 0.4) is 0 Å². The summed E-state index contributed by atoms with van der Waals surface area (Å²) in [6.07, 6.45) is 0.410. The number of likely N-dealkylation sites (tertiary alicyclic amines) is 1. The van der Waals surface area contributed by atoms with E-state index >= 15 is 0 Å². The zero-order valence-corrected chi connectivity index (χ0v) is 15.6. The summed E-state index contributed by atoms with van der Waals surface area (Å²) in [4.78, 5) is 14.0. The largest absolute Gasteiger partial charge is 0.444 e. The van der Waals surface area contributed by atoms with E-state index in [0.717, 1.165) is 18.9 Å². The number of rotatable bonds is 5. The van der Waals surface area contributed by atoms with E-state index < -0.39 is 29.4 Å². The SMILES string of the molecule is CC(C)(C)OC(=O)N1CCC[C@@H](C(OCCN)c2cccc(F)c2F)C1. The Morgan fingerprint density at radius 1 is 1.38 bits per heavy atom. The Hall–Kier alpha value is -1.73. The zero-order chi connectivity index (χ0) is 19.3. The molecule has 7 heteroatoms. The van der Waals surface area contributed by atoms with Crippen LogP contribution in [-0.2, 0) is 9.47 Å². The summed E-state index contributed by atoms with van der Waals surface area (Å²) in [6.45, 7) is 6.85. The third-order valence-corrected chi connectivity index (χ3v) is 4.24. The minimum atomic E-state index is -0.913. The number of amides is 1. The van der Waals surface area contributed by atoms with Gasteiger partial charge < -0.3 is 20.1 Å². The highest BCUT2D eigenvalue weighted by molar-refractivity contribution is 5.68. The van der Waals surface area contributed by atoms with Gasteiger partial charge in [-0.2, -0.15) is 0 Å². The predicted octanol–water partition coefficient (Wildman–Crippen LogP) is 3.63. The first kappa shape index (κ1) is 20.6. The third kappa shape index (κ3) is 5.38. The Bertz CT molecular complexity index is 619. The molecule has 2 rings (SSSR count). The van der Waals surface area contributed by atoms with Crippen molar-refractivity contribution in [2.45, 2.75) is 45.3 Å². The van der Waals surface area contributed by atoms with Crippen molar-refractivity contribution in [2.24, 2.45) is 11.7 Å². The summed E-state index contributed by atoms with van der Waals surface area (Å²) in [7, 11) is 0. The van der Waals surface area contributed by atoms with Gasteiger partial charge in [0.05, 0.1) is 12.7 Å². The van der Waals surface area contributed by atoms with Crippen LogP contribution in [0.4, 0.5) is 13.6 Å². The molecule has 1 fully saturated rings. The topological polar surface area (TPSA) is 64.8 Å². The van der Waals surface area contributed by atoms with Crippen molar-refractivity contribution in [3.05, 3.63) is 35.4 Å². The van der Waals surface area contributed by atoms with Crippen LogP contribution in [0.5, 0.6) is 0 Å². The summed E-state index contributed by atoms with van der Waals surface area (Å²) < 4.78 is 39.2. The van der Waals surface area contributed by atoms with Gasteiger partial charge in [-0.05, 0) is 39.7 Å². The number of ether oxygens (including phenoxy) is 2. The number of hydrogen-bond donors (Lipinski definition) is 1. The maximum absolute atomic E-state index is 14.3. The number of nitrogens with two attached hydrogens (primary N) is 1. The van der Waals surface area contributed by atoms with Crippen LogP contribution in [0, 0.1) is 17.6 Å². The lowest BCUT2D eigenvalue weighted by Gasteiger charge is -2.37. The fraction of sp³-hybridized carbons (Fsp3) is 0.632. The number of benzene rings is 1. The van der Waals surface area contributed by atoms with E-state index in [1.54, 1.807) is 4.90 Å². The molecule has 1 aliphatic heterocycles. The van der Waals surface area contributed by atoms with Crippen molar-refractivity contribution in [2.75, 3.05) is 26.2 Å². The van der Waals surface area contributed by atoms with Crippen LogP contribution >= 0.6 is 0 Å². The summed E-state index contributed by atoms with van der Waals surface area (Å²) in [6, 6.07) is 4.06. The van der Waals surface area contributed by atoms with Crippen molar-refractivity contribution in [1.82, 2.24) is 4.90 Å². The molecule has 0 bridgehead atoms. The van der Waals surface area contributed by atoms with E-state index in [1.165, 1.54) is 12.1 Å². The molecule has 1 aliphatic rings. The molecular weight excluding hydrogens is 342 g/mol. The molecule has 0 aromatic heterocycles. The lowest BCUT2D eigenvalue weighted by molar-refractivity contribution is -0.0248. The van der Waals surface area contributed by atoms with Gasteiger partial charge in [0.1, 0.15) is 5.60 Å². The van der Waals surface area contributed by atoms with E-state index in [2.05, 4.69) is 0 Å². The first-order valence-electron chi connectivity index (χ1n) is 8.96. The van der Waals surface area contributed by atoms with Gasteiger partial charge >= 0.3 is 6.09 Å². The Labute approximate surface area is 153 Å². The lowest BCUT2D eigenvalue weighted by atomic mass is 9.88. The van der Waals surface area contributed by atoms with Gasteiger partial charge in [0, 0.05) is 31.1 Å². The standard InChI is InChI=1S/C19H28F2N2O3/c1-19(2,3)26-18(24)23-10-5-6-13(12-23)17(25-11-9-22)14-7-4-8-15(20)16(14)21/h4,7-8,13,17H,5-6,9-12,22H2,1-3H3/t13-,17?/m1/s1. The lowest BCUT2D eigenvalue weighted by Crippen LogP contribution is -2.44. The molecule has 0 spiro atoms. The van der Waals surface area contributed by atoms with Crippen molar-refractivity contribution in [3.63, 3.8) is 0 Å². The second-order valence-electron chi connectivity index (χ2n) is 7.55. The van der Waals surface area contributed by atoms with Crippen molar-refractivity contribution < 1.29 is 23.0 Å². The number of nitrogens with zero attached hydrogens (tertiary/aromatic N) is 1. The van der Waals surface area contributed by atoms with Crippen LogP contribution < -0.4 is 5.73 Å². The quantitative estimate of drug-likeness (QED) is 0.860. The monoisotopic (exact) mass is 370 g/mol. The third-order valence-electron chi connectivity index (χ3n) is 4.24. The first-order chi connectivity index (χ1) is 12.2. The molecule has 0 saturated carbocycles. The summed E-state index contributed by atoms with van der Waals surface area (Å²) in [5.74, 6) is -1.99.